The number of nitrogens with one attached hydrogen (secondary N) is 5. The Balaban J connectivity index is 3.38. The number of aliphatic imine (C=N–C) groups is 1. The summed E-state index contributed by atoms with van der Waals surface area (Å²) in [5.74, 6) is -4.99. The van der Waals surface area contributed by atoms with Crippen molar-refractivity contribution in [2.75, 3.05) is 19.7 Å². The van der Waals surface area contributed by atoms with Gasteiger partial charge in [-0.25, -0.2) is 0 Å². The Hall–Kier alpha value is -4.85. The minimum atomic E-state index is -1.51. The number of unbranched alkanes of at least 4 members (excludes halogenated alkanes) is 1. The van der Waals surface area contributed by atoms with E-state index in [1.54, 1.807) is 30.3 Å². The van der Waals surface area contributed by atoms with Crippen molar-refractivity contribution < 1.29 is 39.0 Å². The molecule has 1 aromatic rings. The van der Waals surface area contributed by atoms with Crippen LogP contribution in [-0.4, -0.2) is 114 Å². The number of carbonyl (C=O) groups excluding carboxylic acids is 6. The van der Waals surface area contributed by atoms with E-state index in [1.165, 1.54) is 6.92 Å². The zero-order valence-electron chi connectivity index (χ0n) is 30.8. The van der Waals surface area contributed by atoms with Gasteiger partial charge in [0.15, 0.2) is 5.96 Å². The van der Waals surface area contributed by atoms with E-state index < -0.39 is 84.4 Å². The highest BCUT2D eigenvalue weighted by Crippen LogP contribution is 2.09. The maximum absolute atomic E-state index is 13.9. The number of rotatable bonds is 25. The molecule has 1 rings (SSSR count). The molecule has 0 heterocycles. The van der Waals surface area contributed by atoms with Gasteiger partial charge in [-0.1, -0.05) is 44.2 Å². The third-order valence-corrected chi connectivity index (χ3v) is 8.08. The molecule has 0 aliphatic carbocycles. The number of hydrogen-bond acceptors (Lipinski definition) is 11. The van der Waals surface area contributed by atoms with Gasteiger partial charge in [-0.15, -0.1) is 0 Å². The van der Waals surface area contributed by atoms with Gasteiger partial charge in [0.25, 0.3) is 0 Å². The number of benzene rings is 1. The summed E-state index contributed by atoms with van der Waals surface area (Å²) in [7, 11) is 0. The van der Waals surface area contributed by atoms with E-state index in [2.05, 4.69) is 31.6 Å². The number of amides is 6. The molecule has 298 valence electrons. The summed E-state index contributed by atoms with van der Waals surface area (Å²) in [4.78, 5) is 82.8. The van der Waals surface area contributed by atoms with Gasteiger partial charge in [0.05, 0.1) is 12.7 Å². The second-order valence-corrected chi connectivity index (χ2v) is 13.2. The number of primary amides is 1. The molecular formula is C34H59N11O8. The Bertz CT molecular complexity index is 1360. The summed E-state index contributed by atoms with van der Waals surface area (Å²) in [5.41, 5.74) is 28.3. The van der Waals surface area contributed by atoms with Crippen LogP contribution in [0.25, 0.3) is 0 Å². The van der Waals surface area contributed by atoms with E-state index >= 15 is 0 Å². The van der Waals surface area contributed by atoms with Crippen molar-refractivity contribution in [1.29, 1.82) is 0 Å². The molecule has 0 fully saturated rings. The lowest BCUT2D eigenvalue weighted by Gasteiger charge is -2.27. The molecule has 0 bridgehead atoms. The lowest BCUT2D eigenvalue weighted by atomic mass is 10.0. The second kappa shape index (κ2) is 24.4. The monoisotopic (exact) mass is 749 g/mol. The molecule has 6 amide bonds. The van der Waals surface area contributed by atoms with Gasteiger partial charge in [-0.2, -0.15) is 0 Å². The molecule has 19 nitrogen and oxygen atoms in total. The Morgan fingerprint density at radius 1 is 0.698 bits per heavy atom. The Labute approximate surface area is 310 Å². The fourth-order valence-electron chi connectivity index (χ4n) is 5.08. The first-order valence-electron chi connectivity index (χ1n) is 17.7. The number of nitrogens with two attached hydrogens (primary N) is 5. The molecule has 7 atom stereocenters. The van der Waals surface area contributed by atoms with Gasteiger partial charge in [0.1, 0.15) is 36.3 Å². The molecule has 0 spiro atoms. The van der Waals surface area contributed by atoms with Gasteiger partial charge in [-0.3, -0.25) is 33.8 Å². The molecular weight excluding hydrogens is 690 g/mol. The van der Waals surface area contributed by atoms with E-state index in [0.717, 1.165) is 0 Å². The van der Waals surface area contributed by atoms with E-state index in [0.29, 0.717) is 24.9 Å². The Kier molecular flexibility index (Phi) is 21.3. The van der Waals surface area contributed by atoms with Crippen molar-refractivity contribution in [3.63, 3.8) is 0 Å². The van der Waals surface area contributed by atoms with Crippen molar-refractivity contribution in [3.05, 3.63) is 35.9 Å². The van der Waals surface area contributed by atoms with Gasteiger partial charge < -0.3 is 65.5 Å². The summed E-state index contributed by atoms with van der Waals surface area (Å²) in [6.45, 7) is 4.58. The van der Waals surface area contributed by atoms with Crippen LogP contribution in [-0.2, 0) is 35.2 Å². The minimum Gasteiger partial charge on any atom is -0.394 e. The van der Waals surface area contributed by atoms with Crippen LogP contribution in [0.4, 0.5) is 0 Å². The first kappa shape index (κ1) is 46.2. The van der Waals surface area contributed by atoms with Crippen LogP contribution in [0.3, 0.4) is 0 Å². The van der Waals surface area contributed by atoms with Gasteiger partial charge in [-0.05, 0) is 63.5 Å². The van der Waals surface area contributed by atoms with Crippen molar-refractivity contribution in [1.82, 2.24) is 26.6 Å². The zero-order chi connectivity index (χ0) is 40.1. The topological polar surface area (TPSA) is 345 Å². The van der Waals surface area contributed by atoms with Crippen LogP contribution in [0.2, 0.25) is 0 Å². The third-order valence-electron chi connectivity index (χ3n) is 8.08. The number of nitrogens with zero attached hydrogens (tertiary/aromatic N) is 1. The molecule has 0 aliphatic heterocycles. The van der Waals surface area contributed by atoms with Crippen LogP contribution in [0.15, 0.2) is 35.3 Å². The number of hydrogen-bond donors (Lipinski definition) is 12. The van der Waals surface area contributed by atoms with Gasteiger partial charge in [0, 0.05) is 13.0 Å². The average Bonchev–Trinajstić information content (AvgIpc) is 3.10. The van der Waals surface area contributed by atoms with E-state index in [-0.39, 0.29) is 50.5 Å². The van der Waals surface area contributed by atoms with E-state index in [1.807, 2.05) is 13.8 Å². The van der Waals surface area contributed by atoms with E-state index in [9.17, 15) is 39.0 Å². The summed E-state index contributed by atoms with van der Waals surface area (Å²) in [5, 5.41) is 32.5. The normalized spacial score (nSPS) is 15.0. The average molecular weight is 750 g/mol. The third kappa shape index (κ3) is 18.0. The predicted octanol–water partition coefficient (Wildman–Crippen LogP) is -3.93. The van der Waals surface area contributed by atoms with Crippen molar-refractivity contribution in [2.45, 2.75) is 108 Å². The number of carbonyl (C=O) groups is 6. The molecule has 1 aromatic carbocycles. The summed E-state index contributed by atoms with van der Waals surface area (Å²) < 4.78 is 0. The fourth-order valence-corrected chi connectivity index (χ4v) is 5.08. The highest BCUT2D eigenvalue weighted by atomic mass is 16.3. The smallest absolute Gasteiger partial charge is 0.245 e. The summed E-state index contributed by atoms with van der Waals surface area (Å²) >= 11 is 0. The van der Waals surface area contributed by atoms with Crippen LogP contribution >= 0.6 is 0 Å². The highest BCUT2D eigenvalue weighted by molar-refractivity contribution is 5.96. The van der Waals surface area contributed by atoms with Crippen LogP contribution in [0, 0.1) is 5.92 Å². The van der Waals surface area contributed by atoms with Crippen molar-refractivity contribution >= 4 is 41.4 Å². The molecule has 17 N–H and O–H groups in total. The predicted molar refractivity (Wildman–Crippen MR) is 198 cm³/mol. The number of guanidine groups is 1. The maximum Gasteiger partial charge on any atom is 0.245 e. The van der Waals surface area contributed by atoms with Gasteiger partial charge >= 0.3 is 0 Å². The Morgan fingerprint density at radius 3 is 1.70 bits per heavy atom. The van der Waals surface area contributed by atoms with Crippen LogP contribution in [0.5, 0.6) is 0 Å². The quantitative estimate of drug-likeness (QED) is 0.0259. The van der Waals surface area contributed by atoms with Crippen molar-refractivity contribution in [3.8, 4) is 0 Å². The summed E-state index contributed by atoms with van der Waals surface area (Å²) in [6, 6.07) is 1.01. The van der Waals surface area contributed by atoms with Crippen LogP contribution in [0.1, 0.15) is 64.9 Å². The minimum absolute atomic E-state index is 0.00326. The maximum atomic E-state index is 13.9. The molecule has 0 aliphatic rings. The first-order valence-corrected chi connectivity index (χ1v) is 17.7. The molecule has 0 saturated carbocycles. The zero-order valence-corrected chi connectivity index (χ0v) is 30.8. The molecule has 0 radical (unpaired) electrons. The SMILES string of the molecule is CC(C)C[C@H](NC(=O)[C@H](CO)NC(=O)[C@H](Cc1ccccc1)NC(=O)[C@H](CCCN=C(N)N)NC(=O)[C@H](CCCCN)NC(=O)[C@@H](N)[C@@H](C)O)C(N)=O. The lowest BCUT2D eigenvalue weighted by molar-refractivity contribution is -0.135. The second-order valence-electron chi connectivity index (χ2n) is 13.2. The van der Waals surface area contributed by atoms with Gasteiger partial charge in [0.2, 0.25) is 35.4 Å². The van der Waals surface area contributed by atoms with Crippen molar-refractivity contribution in [2.24, 2.45) is 39.6 Å². The number of aliphatic hydroxyl groups excluding tert-OH is 2. The molecule has 0 aromatic heterocycles. The fraction of sp³-hybridized carbons (Fsp3) is 0.618. The molecule has 53 heavy (non-hydrogen) atoms. The standard InChI is InChI=1S/C34H59N11O8/c1-19(2)16-24(28(37)48)43-32(52)26(18-46)45-31(51)25(17-21-10-5-4-6-11-21)44-30(50)23(13-9-15-40-34(38)39)41-29(49)22(12-7-8-14-35)42-33(53)27(36)20(3)47/h4-6,10-11,19-20,22-27,46-47H,7-9,12-18,35-36H2,1-3H3,(H2,37,48)(H,41,49)(H,42,53)(H,43,52)(H,44,50)(H,45,51)(H4,38,39,40)/t20-,22+,23+,24+,25+,26+,27+/m1/s1. The molecule has 0 saturated heterocycles. The summed E-state index contributed by atoms with van der Waals surface area (Å²) in [6.07, 6.45) is 0.293. The molecule has 19 heteroatoms. The first-order chi connectivity index (χ1) is 25.0. The Morgan fingerprint density at radius 2 is 1.19 bits per heavy atom. The number of aliphatic hydroxyl groups is 2. The largest absolute Gasteiger partial charge is 0.394 e. The van der Waals surface area contributed by atoms with Crippen LogP contribution < -0.4 is 55.3 Å². The molecule has 0 unspecified atom stereocenters. The van der Waals surface area contributed by atoms with E-state index in [4.69, 9.17) is 28.7 Å². The highest BCUT2D eigenvalue weighted by Gasteiger charge is 2.33. The lowest BCUT2D eigenvalue weighted by Crippen LogP contribution is -2.60.